The summed E-state index contributed by atoms with van der Waals surface area (Å²) in [6.45, 7) is 3.82. The molecule has 0 saturated heterocycles. The molecule has 1 heteroatoms. The van der Waals surface area contributed by atoms with Crippen LogP contribution in [0.15, 0.2) is 67.3 Å². The Hall–Kier alpha value is -1.86. The van der Waals surface area contributed by atoms with Gasteiger partial charge < -0.3 is 5.11 Å². The molecule has 2 aromatic rings. The second-order valence-corrected chi connectivity index (χ2v) is 5.99. The van der Waals surface area contributed by atoms with Crippen LogP contribution in [0.3, 0.4) is 0 Å². The Balaban J connectivity index is 1.90. The van der Waals surface area contributed by atoms with E-state index in [4.69, 9.17) is 0 Å². The molecule has 2 aromatic carbocycles. The minimum absolute atomic E-state index is 0.373. The molecule has 0 spiro atoms. The van der Waals surface area contributed by atoms with Crippen LogP contribution in [0.2, 0.25) is 0 Å². The minimum Gasteiger partial charge on any atom is -0.385 e. The lowest BCUT2D eigenvalue weighted by Gasteiger charge is -2.41. The summed E-state index contributed by atoms with van der Waals surface area (Å²) in [6, 6.07) is 18.7. The number of hydrogen-bond donors (Lipinski definition) is 1. The average molecular weight is 278 g/mol. The van der Waals surface area contributed by atoms with Gasteiger partial charge in [-0.05, 0) is 41.9 Å². The zero-order chi connectivity index (χ0) is 14.7. The van der Waals surface area contributed by atoms with Crippen molar-refractivity contribution < 1.29 is 5.11 Å². The van der Waals surface area contributed by atoms with Crippen LogP contribution in [0.25, 0.3) is 11.1 Å². The summed E-state index contributed by atoms with van der Waals surface area (Å²) in [5, 5.41) is 11.1. The van der Waals surface area contributed by atoms with Crippen molar-refractivity contribution in [3.63, 3.8) is 0 Å². The molecule has 1 aliphatic rings. The molecule has 3 rings (SSSR count). The molecule has 1 N–H and O–H groups in total. The first kappa shape index (κ1) is 14.1. The van der Waals surface area contributed by atoms with Gasteiger partial charge in [-0.3, -0.25) is 0 Å². The second kappa shape index (κ2) is 5.87. The third kappa shape index (κ3) is 2.66. The molecule has 21 heavy (non-hydrogen) atoms. The van der Waals surface area contributed by atoms with Crippen LogP contribution in [0, 0.1) is 5.92 Å². The summed E-state index contributed by atoms with van der Waals surface area (Å²) >= 11 is 0. The molecule has 1 unspecified atom stereocenters. The van der Waals surface area contributed by atoms with Crippen molar-refractivity contribution in [1.29, 1.82) is 0 Å². The fourth-order valence-corrected chi connectivity index (χ4v) is 3.21. The maximum atomic E-state index is 11.1. The highest BCUT2D eigenvalue weighted by molar-refractivity contribution is 5.63. The second-order valence-electron chi connectivity index (χ2n) is 5.99. The van der Waals surface area contributed by atoms with Crippen molar-refractivity contribution in [2.45, 2.75) is 31.3 Å². The Labute approximate surface area is 127 Å². The van der Waals surface area contributed by atoms with Gasteiger partial charge in [-0.15, -0.1) is 6.58 Å². The summed E-state index contributed by atoms with van der Waals surface area (Å²) in [7, 11) is 0. The van der Waals surface area contributed by atoms with Crippen molar-refractivity contribution in [2.75, 3.05) is 0 Å². The summed E-state index contributed by atoms with van der Waals surface area (Å²) in [5.41, 5.74) is 2.68. The monoisotopic (exact) mass is 278 g/mol. The van der Waals surface area contributed by atoms with E-state index in [1.54, 1.807) is 0 Å². The van der Waals surface area contributed by atoms with Gasteiger partial charge in [0.15, 0.2) is 0 Å². The average Bonchev–Trinajstić information content (AvgIpc) is 2.47. The zero-order valence-corrected chi connectivity index (χ0v) is 12.3. The van der Waals surface area contributed by atoms with Gasteiger partial charge in [-0.25, -0.2) is 0 Å². The predicted molar refractivity (Wildman–Crippen MR) is 87.9 cm³/mol. The molecular formula is C20H22O. The van der Waals surface area contributed by atoms with E-state index >= 15 is 0 Å². The highest BCUT2D eigenvalue weighted by Crippen LogP contribution is 2.45. The Morgan fingerprint density at radius 1 is 1.00 bits per heavy atom. The van der Waals surface area contributed by atoms with Crippen LogP contribution in [0.1, 0.15) is 31.2 Å². The summed E-state index contributed by atoms with van der Waals surface area (Å²) in [6.07, 6.45) is 5.92. The molecule has 108 valence electrons. The van der Waals surface area contributed by atoms with E-state index < -0.39 is 5.60 Å². The number of hydrogen-bond acceptors (Lipinski definition) is 1. The van der Waals surface area contributed by atoms with E-state index in [0.29, 0.717) is 12.3 Å². The van der Waals surface area contributed by atoms with Gasteiger partial charge in [0.1, 0.15) is 0 Å². The smallest absolute Gasteiger partial charge is 0.0958 e. The summed E-state index contributed by atoms with van der Waals surface area (Å²) in [4.78, 5) is 0. The topological polar surface area (TPSA) is 20.2 Å². The number of benzene rings is 2. The van der Waals surface area contributed by atoms with Gasteiger partial charge in [0.25, 0.3) is 0 Å². The van der Waals surface area contributed by atoms with Crippen molar-refractivity contribution in [1.82, 2.24) is 0 Å². The van der Waals surface area contributed by atoms with Crippen molar-refractivity contribution >= 4 is 0 Å². The fourth-order valence-electron chi connectivity index (χ4n) is 3.21. The highest BCUT2D eigenvalue weighted by Gasteiger charge is 2.40. The van der Waals surface area contributed by atoms with Gasteiger partial charge in [-0.2, -0.15) is 0 Å². The normalized spacial score (nSPS) is 17.8. The third-order valence-electron chi connectivity index (χ3n) is 4.73. The SMILES string of the molecule is C=CCC(O)(c1ccc(-c2ccccc2)cc1)C1CCC1. The van der Waals surface area contributed by atoms with Gasteiger partial charge in [0, 0.05) is 0 Å². The van der Waals surface area contributed by atoms with Crippen molar-refractivity contribution in [2.24, 2.45) is 5.92 Å². The first-order valence-corrected chi connectivity index (χ1v) is 7.73. The van der Waals surface area contributed by atoms with Gasteiger partial charge in [0.2, 0.25) is 0 Å². The van der Waals surface area contributed by atoms with Crippen LogP contribution >= 0.6 is 0 Å². The standard InChI is InChI=1S/C20H22O/c1-2-15-20(21,18-9-6-10-18)19-13-11-17(12-14-19)16-7-4-3-5-8-16/h2-5,7-8,11-14,18,21H,1,6,9-10,15H2. The Morgan fingerprint density at radius 2 is 1.62 bits per heavy atom. The minimum atomic E-state index is -0.741. The van der Waals surface area contributed by atoms with Crippen LogP contribution < -0.4 is 0 Å². The Kier molecular flexibility index (Phi) is 3.94. The maximum Gasteiger partial charge on any atom is 0.0958 e. The summed E-state index contributed by atoms with van der Waals surface area (Å²) in [5.74, 6) is 0.373. The highest BCUT2D eigenvalue weighted by atomic mass is 16.3. The molecule has 1 aliphatic carbocycles. The molecule has 1 nitrogen and oxygen atoms in total. The largest absolute Gasteiger partial charge is 0.385 e. The maximum absolute atomic E-state index is 11.1. The lowest BCUT2D eigenvalue weighted by atomic mass is 9.68. The number of rotatable bonds is 5. The molecular weight excluding hydrogens is 256 g/mol. The molecule has 0 aliphatic heterocycles. The van der Waals surface area contributed by atoms with Crippen molar-refractivity contribution in [3.05, 3.63) is 72.8 Å². The van der Waals surface area contributed by atoms with E-state index in [1.165, 1.54) is 17.5 Å². The number of aliphatic hydroxyl groups is 1. The molecule has 1 atom stereocenters. The van der Waals surface area contributed by atoms with E-state index in [2.05, 4.69) is 43.0 Å². The van der Waals surface area contributed by atoms with Gasteiger partial charge in [0.05, 0.1) is 5.60 Å². The van der Waals surface area contributed by atoms with Gasteiger partial charge >= 0.3 is 0 Å². The molecule has 1 saturated carbocycles. The Morgan fingerprint density at radius 3 is 2.14 bits per heavy atom. The zero-order valence-electron chi connectivity index (χ0n) is 12.3. The van der Waals surface area contributed by atoms with E-state index in [0.717, 1.165) is 18.4 Å². The van der Waals surface area contributed by atoms with Crippen LogP contribution in [-0.2, 0) is 5.60 Å². The van der Waals surface area contributed by atoms with Gasteiger partial charge in [-0.1, -0.05) is 67.1 Å². The summed E-state index contributed by atoms with van der Waals surface area (Å²) < 4.78 is 0. The van der Waals surface area contributed by atoms with Crippen LogP contribution in [0.5, 0.6) is 0 Å². The van der Waals surface area contributed by atoms with Crippen LogP contribution in [-0.4, -0.2) is 5.11 Å². The van der Waals surface area contributed by atoms with Crippen molar-refractivity contribution in [3.8, 4) is 11.1 Å². The lowest BCUT2D eigenvalue weighted by molar-refractivity contribution is -0.0539. The Bertz CT molecular complexity index is 595. The van der Waals surface area contributed by atoms with Crippen LogP contribution in [0.4, 0.5) is 0 Å². The first-order valence-electron chi connectivity index (χ1n) is 7.73. The predicted octanol–water partition coefficient (Wildman–Crippen LogP) is 4.92. The molecule has 1 fully saturated rings. The molecule has 0 bridgehead atoms. The van der Waals surface area contributed by atoms with E-state index in [9.17, 15) is 5.11 Å². The lowest BCUT2D eigenvalue weighted by Crippen LogP contribution is -2.38. The van der Waals surface area contributed by atoms with E-state index in [-0.39, 0.29) is 0 Å². The molecule has 0 heterocycles. The van der Waals surface area contributed by atoms with E-state index in [1.807, 2.05) is 24.3 Å². The third-order valence-corrected chi connectivity index (χ3v) is 4.73. The quantitative estimate of drug-likeness (QED) is 0.770. The molecule has 0 radical (unpaired) electrons. The fraction of sp³-hybridized carbons (Fsp3) is 0.300. The molecule has 0 aromatic heterocycles. The molecule has 0 amide bonds. The first-order chi connectivity index (χ1) is 10.2.